The highest BCUT2D eigenvalue weighted by molar-refractivity contribution is 6.28. The Hall–Kier alpha value is -1.22. The smallest absolute Gasteiger partial charge is 0.217 e. The third-order valence-corrected chi connectivity index (χ3v) is 7.25. The van der Waals surface area contributed by atoms with Gasteiger partial charge in [0.2, 0.25) is 5.28 Å². The van der Waals surface area contributed by atoms with Crippen molar-refractivity contribution in [1.82, 2.24) is 15.0 Å². The van der Waals surface area contributed by atoms with Crippen LogP contribution >= 0.6 is 11.6 Å². The Morgan fingerprint density at radius 1 is 0.778 bits per heavy atom. The van der Waals surface area contributed by atoms with Crippen LogP contribution in [0.2, 0.25) is 5.28 Å². The predicted octanol–water partition coefficient (Wildman–Crippen LogP) is 6.57. The van der Waals surface area contributed by atoms with E-state index in [1.54, 1.807) is 0 Å². The molecule has 3 nitrogen and oxygen atoms in total. The van der Waals surface area contributed by atoms with E-state index in [0.29, 0.717) is 17.1 Å². The summed E-state index contributed by atoms with van der Waals surface area (Å²) in [6.45, 7) is 13.5. The summed E-state index contributed by atoms with van der Waals surface area (Å²) in [6, 6.07) is 0. The first-order valence-electron chi connectivity index (χ1n) is 10.3. The Kier molecular flexibility index (Phi) is 5.82. The molecule has 0 bridgehead atoms. The molecule has 2 atom stereocenters. The van der Waals surface area contributed by atoms with Crippen molar-refractivity contribution in [3.05, 3.63) is 40.2 Å². The summed E-state index contributed by atoms with van der Waals surface area (Å²) < 4.78 is 0. The lowest BCUT2D eigenvalue weighted by Gasteiger charge is -2.37. The first-order valence-corrected chi connectivity index (χ1v) is 10.7. The standard InChI is InChI=1S/C23H34ClN3/c1-15-7-11-17(12-8-15)22(3,4)19-25-20(27-21(24)26-19)23(5,6)18-13-9-16(2)10-14-18/h7,9,17-18H,8,10-14H2,1-6H3. The van der Waals surface area contributed by atoms with Crippen molar-refractivity contribution < 1.29 is 0 Å². The number of rotatable bonds is 4. The fourth-order valence-electron chi connectivity index (χ4n) is 4.53. The second-order valence-corrected chi connectivity index (χ2v) is 10.1. The molecule has 2 unspecified atom stereocenters. The van der Waals surface area contributed by atoms with Crippen molar-refractivity contribution in [2.45, 2.75) is 90.9 Å². The summed E-state index contributed by atoms with van der Waals surface area (Å²) in [7, 11) is 0. The number of nitrogens with zero attached hydrogens (tertiary/aromatic N) is 3. The van der Waals surface area contributed by atoms with E-state index in [-0.39, 0.29) is 10.8 Å². The molecule has 0 aromatic carbocycles. The van der Waals surface area contributed by atoms with Gasteiger partial charge in [-0.2, -0.15) is 0 Å². The second-order valence-electron chi connectivity index (χ2n) is 9.74. The van der Waals surface area contributed by atoms with E-state index in [0.717, 1.165) is 24.5 Å². The van der Waals surface area contributed by atoms with Crippen LogP contribution in [0.4, 0.5) is 0 Å². The zero-order valence-corrected chi connectivity index (χ0v) is 18.5. The van der Waals surface area contributed by atoms with Crippen molar-refractivity contribution in [2.24, 2.45) is 11.8 Å². The quantitative estimate of drug-likeness (QED) is 0.548. The summed E-state index contributed by atoms with van der Waals surface area (Å²) >= 11 is 6.40. The normalized spacial score (nSPS) is 24.4. The van der Waals surface area contributed by atoms with Gasteiger partial charge in [0, 0.05) is 10.8 Å². The minimum Gasteiger partial charge on any atom is -0.217 e. The SMILES string of the molecule is CC1=CCC(C(C)(C)c2nc(Cl)nc(C(C)(C)C3CC=C(C)CC3)n2)CC1. The molecule has 0 saturated carbocycles. The Balaban J connectivity index is 1.92. The van der Waals surface area contributed by atoms with Gasteiger partial charge < -0.3 is 0 Å². The van der Waals surface area contributed by atoms with Crippen LogP contribution in [0.15, 0.2) is 23.3 Å². The topological polar surface area (TPSA) is 38.7 Å². The summed E-state index contributed by atoms with van der Waals surface area (Å²) in [5.74, 6) is 2.78. The fraction of sp³-hybridized carbons (Fsp3) is 0.696. The van der Waals surface area contributed by atoms with Crippen LogP contribution in [0.1, 0.15) is 91.7 Å². The van der Waals surface area contributed by atoms with E-state index in [2.05, 4.69) is 63.7 Å². The third-order valence-electron chi connectivity index (χ3n) is 7.08. The van der Waals surface area contributed by atoms with Crippen molar-refractivity contribution >= 4 is 11.6 Å². The summed E-state index contributed by atoms with van der Waals surface area (Å²) in [5, 5.41) is 0.334. The Labute approximate surface area is 169 Å². The predicted molar refractivity (Wildman–Crippen MR) is 113 cm³/mol. The van der Waals surface area contributed by atoms with E-state index in [9.17, 15) is 0 Å². The lowest BCUT2D eigenvalue weighted by molar-refractivity contribution is 0.258. The molecule has 0 spiro atoms. The van der Waals surface area contributed by atoms with Crippen LogP contribution in [0, 0.1) is 11.8 Å². The average Bonchev–Trinajstić information content (AvgIpc) is 2.62. The van der Waals surface area contributed by atoms with Gasteiger partial charge in [-0.05, 0) is 75.8 Å². The molecule has 0 saturated heterocycles. The molecule has 2 aliphatic carbocycles. The van der Waals surface area contributed by atoms with Gasteiger partial charge in [-0.1, -0.05) is 51.0 Å². The van der Waals surface area contributed by atoms with Gasteiger partial charge in [0.1, 0.15) is 11.6 Å². The van der Waals surface area contributed by atoms with E-state index in [4.69, 9.17) is 16.6 Å². The minimum absolute atomic E-state index is 0.113. The molecule has 1 aromatic heterocycles. The molecular formula is C23H34ClN3. The van der Waals surface area contributed by atoms with E-state index < -0.39 is 0 Å². The molecule has 0 amide bonds. The Morgan fingerprint density at radius 3 is 1.52 bits per heavy atom. The first kappa shape index (κ1) is 20.5. The number of allylic oxidation sites excluding steroid dienone is 4. The highest BCUT2D eigenvalue weighted by Crippen LogP contribution is 2.42. The molecule has 0 aliphatic heterocycles. The van der Waals surface area contributed by atoms with Crippen LogP contribution in [0.25, 0.3) is 0 Å². The van der Waals surface area contributed by atoms with Crippen LogP contribution < -0.4 is 0 Å². The summed E-state index contributed by atoms with van der Waals surface area (Å²) in [5.41, 5.74) is 2.77. The molecule has 4 heteroatoms. The molecule has 27 heavy (non-hydrogen) atoms. The number of hydrogen-bond donors (Lipinski definition) is 0. The molecule has 1 heterocycles. The van der Waals surface area contributed by atoms with Crippen molar-refractivity contribution in [3.63, 3.8) is 0 Å². The van der Waals surface area contributed by atoms with Crippen molar-refractivity contribution in [3.8, 4) is 0 Å². The van der Waals surface area contributed by atoms with Gasteiger partial charge >= 0.3 is 0 Å². The van der Waals surface area contributed by atoms with Crippen molar-refractivity contribution in [2.75, 3.05) is 0 Å². The van der Waals surface area contributed by atoms with Gasteiger partial charge in [-0.25, -0.2) is 15.0 Å². The van der Waals surface area contributed by atoms with Gasteiger partial charge in [-0.15, -0.1) is 0 Å². The lowest BCUT2D eigenvalue weighted by atomic mass is 9.70. The van der Waals surface area contributed by atoms with E-state index in [1.807, 2.05) is 0 Å². The molecule has 0 fully saturated rings. The molecule has 0 N–H and O–H groups in total. The maximum Gasteiger partial charge on any atom is 0.225 e. The van der Waals surface area contributed by atoms with Gasteiger partial charge in [0.15, 0.2) is 0 Å². The summed E-state index contributed by atoms with van der Waals surface area (Å²) in [4.78, 5) is 14.2. The number of halogens is 1. The van der Waals surface area contributed by atoms with E-state index >= 15 is 0 Å². The molecular weight excluding hydrogens is 354 g/mol. The van der Waals surface area contributed by atoms with Crippen LogP contribution in [-0.2, 0) is 10.8 Å². The molecule has 148 valence electrons. The number of aromatic nitrogens is 3. The highest BCUT2D eigenvalue weighted by Gasteiger charge is 2.39. The van der Waals surface area contributed by atoms with Gasteiger partial charge in [0.05, 0.1) is 0 Å². The Bertz CT molecular complexity index is 701. The zero-order valence-electron chi connectivity index (χ0n) is 17.8. The largest absolute Gasteiger partial charge is 0.225 e. The van der Waals surface area contributed by atoms with Gasteiger partial charge in [-0.3, -0.25) is 0 Å². The minimum atomic E-state index is -0.113. The zero-order chi connectivity index (χ0) is 19.8. The van der Waals surface area contributed by atoms with E-state index in [1.165, 1.54) is 36.8 Å². The van der Waals surface area contributed by atoms with Crippen LogP contribution in [0.3, 0.4) is 0 Å². The molecule has 0 radical (unpaired) electrons. The molecule has 2 aliphatic rings. The van der Waals surface area contributed by atoms with Gasteiger partial charge in [0.25, 0.3) is 0 Å². The Morgan fingerprint density at radius 2 is 1.19 bits per heavy atom. The maximum absolute atomic E-state index is 6.40. The monoisotopic (exact) mass is 387 g/mol. The number of hydrogen-bond acceptors (Lipinski definition) is 3. The van der Waals surface area contributed by atoms with Crippen LogP contribution in [-0.4, -0.2) is 15.0 Å². The highest BCUT2D eigenvalue weighted by atomic mass is 35.5. The lowest BCUT2D eigenvalue weighted by Crippen LogP contribution is -2.36. The first-order chi connectivity index (χ1) is 12.6. The third kappa shape index (κ3) is 4.29. The average molecular weight is 388 g/mol. The second kappa shape index (κ2) is 7.66. The summed E-state index contributed by atoms with van der Waals surface area (Å²) in [6.07, 6.45) is 11.6. The molecule has 3 rings (SSSR count). The molecule has 1 aromatic rings. The maximum atomic E-state index is 6.40. The van der Waals surface area contributed by atoms with Crippen molar-refractivity contribution in [1.29, 1.82) is 0 Å². The van der Waals surface area contributed by atoms with Crippen LogP contribution in [0.5, 0.6) is 0 Å². The fourth-order valence-corrected chi connectivity index (χ4v) is 4.69.